The van der Waals surface area contributed by atoms with Crippen LogP contribution in [0.25, 0.3) is 16.3 Å². The fourth-order valence-electron chi connectivity index (χ4n) is 2.65. The van der Waals surface area contributed by atoms with E-state index in [1.807, 2.05) is 24.3 Å². The predicted octanol–water partition coefficient (Wildman–Crippen LogP) is 4.50. The molecule has 1 aliphatic carbocycles. The maximum Gasteiger partial charge on any atom is 0.123 e. The van der Waals surface area contributed by atoms with Crippen molar-refractivity contribution < 1.29 is 5.11 Å². The molecule has 0 amide bonds. The van der Waals surface area contributed by atoms with Crippen LogP contribution in [0.4, 0.5) is 0 Å². The second kappa shape index (κ2) is 4.25. The molecule has 1 N–H and O–H groups in total. The van der Waals surface area contributed by atoms with Crippen molar-refractivity contribution in [1.82, 2.24) is 0 Å². The summed E-state index contributed by atoms with van der Waals surface area (Å²) in [6, 6.07) is 12.0. The Morgan fingerprint density at radius 2 is 1.71 bits per heavy atom. The van der Waals surface area contributed by atoms with Crippen LogP contribution in [0.3, 0.4) is 0 Å². The van der Waals surface area contributed by atoms with Crippen molar-refractivity contribution in [1.29, 1.82) is 0 Å². The van der Waals surface area contributed by atoms with Crippen LogP contribution in [0, 0.1) is 0 Å². The maximum absolute atomic E-state index is 9.87. The molecule has 86 valence electrons. The number of phenolic OH excluding ortho intramolecular Hbond substituents is 1. The van der Waals surface area contributed by atoms with Crippen molar-refractivity contribution in [3.8, 4) is 5.75 Å². The minimum atomic E-state index is 0.376. The molecule has 0 fully saturated rings. The van der Waals surface area contributed by atoms with Gasteiger partial charge in [-0.1, -0.05) is 36.4 Å². The molecule has 0 unspecified atom stereocenters. The van der Waals surface area contributed by atoms with Crippen LogP contribution in [0.1, 0.15) is 31.2 Å². The fraction of sp³-hybridized carbons (Fsp3) is 0.250. The average molecular weight is 224 g/mol. The van der Waals surface area contributed by atoms with E-state index < -0.39 is 0 Å². The van der Waals surface area contributed by atoms with Gasteiger partial charge in [-0.05, 0) is 48.3 Å². The van der Waals surface area contributed by atoms with Gasteiger partial charge in [0.1, 0.15) is 5.75 Å². The lowest BCUT2D eigenvalue weighted by molar-refractivity contribution is 0.481. The number of hydrogen-bond donors (Lipinski definition) is 1. The predicted molar refractivity (Wildman–Crippen MR) is 72.1 cm³/mol. The molecule has 1 aliphatic rings. The van der Waals surface area contributed by atoms with Gasteiger partial charge in [-0.3, -0.25) is 0 Å². The first-order valence-corrected chi connectivity index (χ1v) is 6.26. The normalized spacial score (nSPS) is 15.9. The average Bonchev–Trinajstić information content (AvgIpc) is 2.41. The Balaban J connectivity index is 2.23. The molecule has 0 bridgehead atoms. The third-order valence-corrected chi connectivity index (χ3v) is 3.54. The highest BCUT2D eigenvalue weighted by Gasteiger charge is 2.10. The van der Waals surface area contributed by atoms with E-state index in [1.54, 1.807) is 0 Å². The summed E-state index contributed by atoms with van der Waals surface area (Å²) in [5.74, 6) is 0.376. The number of phenols is 1. The van der Waals surface area contributed by atoms with Gasteiger partial charge in [0, 0.05) is 5.39 Å². The van der Waals surface area contributed by atoms with Gasteiger partial charge in [0.25, 0.3) is 0 Å². The number of aromatic hydroxyl groups is 1. The van der Waals surface area contributed by atoms with Crippen LogP contribution in [-0.2, 0) is 0 Å². The number of benzene rings is 2. The zero-order valence-electron chi connectivity index (χ0n) is 9.82. The zero-order valence-corrected chi connectivity index (χ0v) is 9.82. The molecule has 0 spiro atoms. The van der Waals surface area contributed by atoms with Gasteiger partial charge in [-0.25, -0.2) is 0 Å². The summed E-state index contributed by atoms with van der Waals surface area (Å²) >= 11 is 0. The Bertz CT molecular complexity index is 581. The van der Waals surface area contributed by atoms with Gasteiger partial charge in [0.15, 0.2) is 0 Å². The summed E-state index contributed by atoms with van der Waals surface area (Å²) in [5, 5.41) is 12.0. The molecule has 0 aliphatic heterocycles. The van der Waals surface area contributed by atoms with E-state index in [-0.39, 0.29) is 0 Å². The van der Waals surface area contributed by atoms with Crippen LogP contribution in [0.5, 0.6) is 5.75 Å². The van der Waals surface area contributed by atoms with E-state index in [0.717, 1.165) is 11.8 Å². The summed E-state index contributed by atoms with van der Waals surface area (Å²) in [7, 11) is 0. The molecule has 2 aromatic carbocycles. The van der Waals surface area contributed by atoms with E-state index in [2.05, 4.69) is 18.2 Å². The Morgan fingerprint density at radius 1 is 0.882 bits per heavy atom. The molecular formula is C16H16O. The van der Waals surface area contributed by atoms with Crippen molar-refractivity contribution in [2.24, 2.45) is 0 Å². The third kappa shape index (κ3) is 1.82. The lowest BCUT2D eigenvalue weighted by Crippen LogP contribution is -1.93. The molecule has 1 heteroatoms. The van der Waals surface area contributed by atoms with Crippen LogP contribution >= 0.6 is 0 Å². The van der Waals surface area contributed by atoms with E-state index >= 15 is 0 Å². The van der Waals surface area contributed by atoms with E-state index in [1.165, 1.54) is 35.8 Å². The lowest BCUT2D eigenvalue weighted by Gasteiger charge is -2.15. The molecule has 0 saturated carbocycles. The Kier molecular flexibility index (Phi) is 2.60. The van der Waals surface area contributed by atoms with Crippen molar-refractivity contribution in [2.75, 3.05) is 0 Å². The number of rotatable bonds is 1. The molecular weight excluding hydrogens is 208 g/mol. The van der Waals surface area contributed by atoms with Gasteiger partial charge in [0.2, 0.25) is 0 Å². The minimum Gasteiger partial charge on any atom is -0.507 e. The lowest BCUT2D eigenvalue weighted by atomic mass is 9.90. The second-order valence-electron chi connectivity index (χ2n) is 4.65. The molecule has 0 saturated heterocycles. The second-order valence-corrected chi connectivity index (χ2v) is 4.65. The molecule has 2 aromatic rings. The first kappa shape index (κ1) is 10.4. The molecule has 0 atom stereocenters. The highest BCUT2D eigenvalue weighted by atomic mass is 16.3. The third-order valence-electron chi connectivity index (χ3n) is 3.54. The highest BCUT2D eigenvalue weighted by Crippen LogP contribution is 2.35. The summed E-state index contributed by atoms with van der Waals surface area (Å²) < 4.78 is 0. The molecule has 3 rings (SSSR count). The van der Waals surface area contributed by atoms with Crippen molar-refractivity contribution in [2.45, 2.75) is 25.7 Å². The Hall–Kier alpha value is -1.76. The van der Waals surface area contributed by atoms with E-state index in [4.69, 9.17) is 0 Å². The molecule has 17 heavy (non-hydrogen) atoms. The summed E-state index contributed by atoms with van der Waals surface area (Å²) in [6.45, 7) is 0. The summed E-state index contributed by atoms with van der Waals surface area (Å²) in [4.78, 5) is 0. The van der Waals surface area contributed by atoms with Crippen LogP contribution in [-0.4, -0.2) is 5.11 Å². The van der Waals surface area contributed by atoms with Crippen molar-refractivity contribution in [3.63, 3.8) is 0 Å². The van der Waals surface area contributed by atoms with Crippen LogP contribution in [0.2, 0.25) is 0 Å². The largest absolute Gasteiger partial charge is 0.507 e. The van der Waals surface area contributed by atoms with Gasteiger partial charge in [-0.2, -0.15) is 0 Å². The minimum absolute atomic E-state index is 0.376. The van der Waals surface area contributed by atoms with E-state index in [9.17, 15) is 5.11 Å². The van der Waals surface area contributed by atoms with Gasteiger partial charge < -0.3 is 5.11 Å². The molecule has 0 heterocycles. The summed E-state index contributed by atoms with van der Waals surface area (Å²) in [6.07, 6.45) is 7.28. The number of hydrogen-bond acceptors (Lipinski definition) is 1. The number of allylic oxidation sites excluding steroid dienone is 2. The molecule has 0 radical (unpaired) electrons. The van der Waals surface area contributed by atoms with Crippen molar-refractivity contribution >= 4 is 16.3 Å². The van der Waals surface area contributed by atoms with Crippen LogP contribution in [0.15, 0.2) is 42.5 Å². The SMILES string of the molecule is Oc1ccc(C2=CCCCC2)c2ccccc12. The number of fused-ring (bicyclic) bond motifs is 1. The highest BCUT2D eigenvalue weighted by molar-refractivity contribution is 5.97. The molecule has 0 aromatic heterocycles. The van der Waals surface area contributed by atoms with Crippen molar-refractivity contribution in [3.05, 3.63) is 48.0 Å². The standard InChI is InChI=1S/C16H16O/c17-16-11-10-13(12-6-2-1-3-7-12)14-8-4-5-9-15(14)16/h4-6,8-11,17H,1-3,7H2. The monoisotopic (exact) mass is 224 g/mol. The zero-order chi connectivity index (χ0) is 11.7. The topological polar surface area (TPSA) is 20.2 Å². The van der Waals surface area contributed by atoms with Gasteiger partial charge in [0.05, 0.1) is 0 Å². The van der Waals surface area contributed by atoms with Crippen LogP contribution < -0.4 is 0 Å². The fourth-order valence-corrected chi connectivity index (χ4v) is 2.65. The Labute approximate surface area is 101 Å². The first-order chi connectivity index (χ1) is 8.36. The summed E-state index contributed by atoms with van der Waals surface area (Å²) in [5.41, 5.74) is 2.73. The molecule has 1 nitrogen and oxygen atoms in total. The maximum atomic E-state index is 9.87. The quantitative estimate of drug-likeness (QED) is 0.756. The van der Waals surface area contributed by atoms with Gasteiger partial charge in [-0.15, -0.1) is 0 Å². The first-order valence-electron chi connectivity index (χ1n) is 6.26. The van der Waals surface area contributed by atoms with E-state index in [0.29, 0.717) is 5.75 Å². The van der Waals surface area contributed by atoms with Gasteiger partial charge >= 0.3 is 0 Å². The Morgan fingerprint density at radius 3 is 2.47 bits per heavy atom. The smallest absolute Gasteiger partial charge is 0.123 e.